The zero-order valence-corrected chi connectivity index (χ0v) is 16.6. The van der Waals surface area contributed by atoms with E-state index in [2.05, 4.69) is 10.4 Å². The van der Waals surface area contributed by atoms with Gasteiger partial charge in [0.15, 0.2) is 5.69 Å². The van der Waals surface area contributed by atoms with Crippen LogP contribution in [0, 0.1) is 11.8 Å². The summed E-state index contributed by atoms with van der Waals surface area (Å²) in [6.07, 6.45) is 4.84. The van der Waals surface area contributed by atoms with Gasteiger partial charge in [-0.1, -0.05) is 13.8 Å². The molecule has 3 heterocycles. The minimum atomic E-state index is -0.240. The molecule has 2 fully saturated rings. The fourth-order valence-corrected chi connectivity index (χ4v) is 4.20. The topological polar surface area (TPSA) is 76.5 Å². The number of carbonyl (C=O) groups excluding carboxylic acids is 2. The normalized spacial score (nSPS) is 21.4. The number of likely N-dealkylation sites (tertiary alicyclic amines) is 1. The van der Waals surface area contributed by atoms with Crippen molar-refractivity contribution in [2.45, 2.75) is 58.2 Å². The molecular formula is C20H30N4O3. The van der Waals surface area contributed by atoms with Crippen LogP contribution in [0.15, 0.2) is 0 Å². The molecule has 3 aliphatic rings. The summed E-state index contributed by atoms with van der Waals surface area (Å²) in [5.41, 5.74) is 2.30. The summed E-state index contributed by atoms with van der Waals surface area (Å²) in [7, 11) is 1.91. The molecule has 1 aliphatic carbocycles. The maximum absolute atomic E-state index is 12.5. The van der Waals surface area contributed by atoms with Crippen molar-refractivity contribution in [2.24, 2.45) is 18.9 Å². The molecule has 1 N–H and O–H groups in total. The first-order valence-corrected chi connectivity index (χ1v) is 10.1. The molecule has 2 aliphatic heterocycles. The van der Waals surface area contributed by atoms with Gasteiger partial charge in [-0.15, -0.1) is 0 Å². The molecule has 0 atom stereocenters. The van der Waals surface area contributed by atoms with Gasteiger partial charge in [0.2, 0.25) is 5.91 Å². The Kier molecular flexibility index (Phi) is 4.74. The third-order valence-electron chi connectivity index (χ3n) is 6.23. The molecule has 0 unspecified atom stereocenters. The number of rotatable bonds is 4. The van der Waals surface area contributed by atoms with Gasteiger partial charge in [-0.3, -0.25) is 14.3 Å². The second-order valence-electron chi connectivity index (χ2n) is 8.68. The quantitative estimate of drug-likeness (QED) is 0.869. The average Bonchev–Trinajstić information content (AvgIpc) is 3.43. The Morgan fingerprint density at radius 2 is 2.00 bits per heavy atom. The third-order valence-corrected chi connectivity index (χ3v) is 6.23. The number of nitrogens with zero attached hydrogens (tertiary/aromatic N) is 3. The highest BCUT2D eigenvalue weighted by Gasteiger charge is 2.42. The summed E-state index contributed by atoms with van der Waals surface area (Å²) in [4.78, 5) is 26.7. The van der Waals surface area contributed by atoms with Crippen molar-refractivity contribution >= 4 is 11.8 Å². The summed E-state index contributed by atoms with van der Waals surface area (Å²) in [6, 6.07) is 0. The molecule has 1 aromatic rings. The number of hydrogen-bond donors (Lipinski definition) is 1. The Morgan fingerprint density at radius 3 is 2.63 bits per heavy atom. The lowest BCUT2D eigenvalue weighted by Crippen LogP contribution is -2.51. The van der Waals surface area contributed by atoms with Crippen LogP contribution in [0.5, 0.6) is 0 Å². The fraction of sp³-hybridized carbons (Fsp3) is 0.750. The van der Waals surface area contributed by atoms with Crippen molar-refractivity contribution in [3.63, 3.8) is 0 Å². The molecule has 7 nitrogen and oxygen atoms in total. The van der Waals surface area contributed by atoms with Crippen LogP contribution >= 0.6 is 0 Å². The molecule has 27 heavy (non-hydrogen) atoms. The number of aryl methyl sites for hydroxylation is 1. The van der Waals surface area contributed by atoms with E-state index in [1.165, 1.54) is 12.8 Å². The highest BCUT2D eigenvalue weighted by atomic mass is 16.5. The maximum atomic E-state index is 12.5. The van der Waals surface area contributed by atoms with E-state index in [1.807, 2.05) is 30.5 Å². The van der Waals surface area contributed by atoms with Gasteiger partial charge in [0.25, 0.3) is 5.91 Å². The highest BCUT2D eigenvalue weighted by Crippen LogP contribution is 2.37. The summed E-state index contributed by atoms with van der Waals surface area (Å²) in [5.74, 6) is 0.811. The standard InChI is InChI=1S/C20H30N4O3/c1-13(2)19(26)24-8-6-20(7-9-24)10-16-15(12-27-20)17(22-23(16)3)18(25)21-11-14-4-5-14/h13-14H,4-12H2,1-3H3,(H,21,25). The molecule has 0 aromatic carbocycles. The monoisotopic (exact) mass is 374 g/mol. The number of carbonyl (C=O) groups is 2. The number of fused-ring (bicyclic) bond motifs is 1. The van der Waals surface area contributed by atoms with Crippen LogP contribution < -0.4 is 5.32 Å². The van der Waals surface area contributed by atoms with E-state index in [9.17, 15) is 9.59 Å². The number of ether oxygens (including phenoxy) is 1. The van der Waals surface area contributed by atoms with Gasteiger partial charge >= 0.3 is 0 Å². The number of hydrogen-bond acceptors (Lipinski definition) is 4. The van der Waals surface area contributed by atoms with Gasteiger partial charge < -0.3 is 15.0 Å². The van der Waals surface area contributed by atoms with Gasteiger partial charge in [0.1, 0.15) is 0 Å². The zero-order valence-electron chi connectivity index (χ0n) is 16.6. The molecule has 7 heteroatoms. The summed E-state index contributed by atoms with van der Waals surface area (Å²) in [6.45, 7) is 6.53. The first-order valence-electron chi connectivity index (χ1n) is 10.1. The van der Waals surface area contributed by atoms with Gasteiger partial charge in [-0.05, 0) is 31.6 Å². The number of amides is 2. The third kappa shape index (κ3) is 3.61. The highest BCUT2D eigenvalue weighted by molar-refractivity contribution is 5.94. The molecule has 2 amide bonds. The van der Waals surface area contributed by atoms with Crippen LogP contribution in [-0.4, -0.2) is 51.7 Å². The lowest BCUT2D eigenvalue weighted by molar-refractivity contribution is -0.144. The zero-order chi connectivity index (χ0) is 19.2. The Balaban J connectivity index is 1.44. The van der Waals surface area contributed by atoms with E-state index < -0.39 is 0 Å². The first kappa shape index (κ1) is 18.5. The number of nitrogens with one attached hydrogen (secondary N) is 1. The minimum absolute atomic E-state index is 0.0340. The molecule has 1 spiro atoms. The smallest absolute Gasteiger partial charge is 0.272 e. The van der Waals surface area contributed by atoms with Crippen LogP contribution in [0.3, 0.4) is 0 Å². The molecular weight excluding hydrogens is 344 g/mol. The SMILES string of the molecule is CC(C)C(=O)N1CCC2(CC1)Cc1c(c(C(=O)NCC3CC3)nn1C)CO2. The van der Waals surface area contributed by atoms with Crippen molar-refractivity contribution in [3.8, 4) is 0 Å². The molecule has 4 rings (SSSR count). The maximum Gasteiger partial charge on any atom is 0.272 e. The molecule has 1 saturated heterocycles. The lowest BCUT2D eigenvalue weighted by Gasteiger charge is -2.44. The number of aromatic nitrogens is 2. The van der Waals surface area contributed by atoms with Crippen molar-refractivity contribution in [2.75, 3.05) is 19.6 Å². The second-order valence-corrected chi connectivity index (χ2v) is 8.68. The van der Waals surface area contributed by atoms with Crippen molar-refractivity contribution in [1.82, 2.24) is 20.0 Å². The Bertz CT molecular complexity index is 743. The van der Waals surface area contributed by atoms with Gasteiger partial charge in [0, 0.05) is 50.3 Å². The summed E-state index contributed by atoms with van der Waals surface area (Å²) < 4.78 is 8.14. The molecule has 1 aromatic heterocycles. The minimum Gasteiger partial charge on any atom is -0.370 e. The van der Waals surface area contributed by atoms with Gasteiger partial charge in [0.05, 0.1) is 12.2 Å². The molecule has 0 bridgehead atoms. The summed E-state index contributed by atoms with van der Waals surface area (Å²) >= 11 is 0. The predicted molar refractivity (Wildman–Crippen MR) is 100 cm³/mol. The van der Waals surface area contributed by atoms with Crippen molar-refractivity contribution in [3.05, 3.63) is 17.0 Å². The Morgan fingerprint density at radius 1 is 1.30 bits per heavy atom. The van der Waals surface area contributed by atoms with Gasteiger partial charge in [-0.25, -0.2) is 0 Å². The summed E-state index contributed by atoms with van der Waals surface area (Å²) in [5, 5.41) is 7.50. The van der Waals surface area contributed by atoms with E-state index in [4.69, 9.17) is 4.74 Å². The van der Waals surface area contributed by atoms with Crippen LogP contribution in [0.25, 0.3) is 0 Å². The van der Waals surface area contributed by atoms with Crippen molar-refractivity contribution < 1.29 is 14.3 Å². The largest absolute Gasteiger partial charge is 0.370 e. The van der Waals surface area contributed by atoms with Crippen LogP contribution in [0.1, 0.15) is 61.3 Å². The molecule has 148 valence electrons. The Hall–Kier alpha value is -1.89. The van der Waals surface area contributed by atoms with Crippen LogP contribution in [0.2, 0.25) is 0 Å². The van der Waals surface area contributed by atoms with Crippen LogP contribution in [0.4, 0.5) is 0 Å². The molecule has 0 radical (unpaired) electrons. The van der Waals surface area contributed by atoms with Crippen molar-refractivity contribution in [1.29, 1.82) is 0 Å². The number of piperidine rings is 1. The van der Waals surface area contributed by atoms with E-state index in [0.717, 1.165) is 50.2 Å². The predicted octanol–water partition coefficient (Wildman–Crippen LogP) is 1.65. The van der Waals surface area contributed by atoms with Crippen LogP contribution in [-0.2, 0) is 29.6 Å². The van der Waals surface area contributed by atoms with Gasteiger partial charge in [-0.2, -0.15) is 5.10 Å². The fourth-order valence-electron chi connectivity index (χ4n) is 4.20. The van der Waals surface area contributed by atoms with E-state index in [-0.39, 0.29) is 23.3 Å². The Labute approximate surface area is 160 Å². The molecule has 1 saturated carbocycles. The van der Waals surface area contributed by atoms with E-state index in [1.54, 1.807) is 0 Å². The van der Waals surface area contributed by atoms with E-state index >= 15 is 0 Å². The first-order chi connectivity index (χ1) is 12.9. The second kappa shape index (κ2) is 6.93. The lowest BCUT2D eigenvalue weighted by atomic mass is 9.83. The average molecular weight is 374 g/mol. The van der Waals surface area contributed by atoms with E-state index in [0.29, 0.717) is 18.2 Å².